The highest BCUT2D eigenvalue weighted by Crippen LogP contribution is 2.19. The van der Waals surface area contributed by atoms with Crippen LogP contribution in [0.1, 0.15) is 23.6 Å². The number of hydrogen-bond donors (Lipinski definition) is 2. The summed E-state index contributed by atoms with van der Waals surface area (Å²) in [5.74, 6) is 0.620. The van der Waals surface area contributed by atoms with Gasteiger partial charge in [-0.25, -0.2) is 13.1 Å². The van der Waals surface area contributed by atoms with Crippen molar-refractivity contribution in [1.82, 2.24) is 10.0 Å². The van der Waals surface area contributed by atoms with Crippen LogP contribution in [0.15, 0.2) is 47.4 Å². The van der Waals surface area contributed by atoms with Crippen molar-refractivity contribution in [3.8, 4) is 5.75 Å². The minimum atomic E-state index is -3.56. The Kier molecular flexibility index (Phi) is 8.07. The van der Waals surface area contributed by atoms with Gasteiger partial charge in [0.2, 0.25) is 10.0 Å². The monoisotopic (exact) mass is 412 g/mol. The van der Waals surface area contributed by atoms with Crippen LogP contribution in [0, 0.1) is 0 Å². The minimum absolute atomic E-state index is 0. The molecule has 2 aromatic rings. The summed E-state index contributed by atoms with van der Waals surface area (Å²) in [5.41, 5.74) is 3.46. The predicted molar refractivity (Wildman–Crippen MR) is 107 cm³/mol. The maximum Gasteiger partial charge on any atom is 0.240 e. The molecule has 1 aliphatic rings. The average Bonchev–Trinajstić information content (AvgIpc) is 3.12. The smallest absolute Gasteiger partial charge is 0.240 e. The molecule has 0 bridgehead atoms. The summed E-state index contributed by atoms with van der Waals surface area (Å²) >= 11 is 0. The maximum atomic E-state index is 12.5. The molecule has 0 unspecified atom stereocenters. The second-order valence-electron chi connectivity index (χ2n) is 6.05. The first kappa shape index (κ1) is 21.7. The van der Waals surface area contributed by atoms with Crippen molar-refractivity contribution >= 4 is 22.4 Å². The number of benzene rings is 2. The van der Waals surface area contributed by atoms with Crippen molar-refractivity contribution in [2.45, 2.75) is 31.5 Å². The fraction of sp³-hybridized carbons (Fsp3) is 0.368. The lowest BCUT2D eigenvalue weighted by molar-refractivity contribution is 0.110. The molecule has 148 valence electrons. The van der Waals surface area contributed by atoms with Gasteiger partial charge in [0.25, 0.3) is 0 Å². The largest absolute Gasteiger partial charge is 0.491 e. The number of fused-ring (bicyclic) bond motifs is 1. The molecule has 0 aliphatic carbocycles. The van der Waals surface area contributed by atoms with E-state index < -0.39 is 10.0 Å². The Morgan fingerprint density at radius 2 is 1.78 bits per heavy atom. The van der Waals surface area contributed by atoms with Gasteiger partial charge in [-0.1, -0.05) is 18.2 Å². The standard InChI is InChI=1S/C19H24N2O4S.ClH/c1-2-24-9-10-25-18-5-7-19(8-6-18)26(22,23)21-12-15-3-4-16-13-20-14-17(16)11-15;/h3-8,11,20-21H,2,9-10,12-14H2,1H3;1H. The van der Waals surface area contributed by atoms with E-state index in [0.29, 0.717) is 25.6 Å². The number of hydrogen-bond acceptors (Lipinski definition) is 5. The van der Waals surface area contributed by atoms with E-state index in [1.54, 1.807) is 24.3 Å². The van der Waals surface area contributed by atoms with E-state index in [1.807, 2.05) is 25.1 Å². The molecule has 2 N–H and O–H groups in total. The molecule has 1 aliphatic heterocycles. The van der Waals surface area contributed by atoms with E-state index >= 15 is 0 Å². The van der Waals surface area contributed by atoms with Gasteiger partial charge in [0, 0.05) is 26.2 Å². The van der Waals surface area contributed by atoms with Crippen molar-refractivity contribution in [3.63, 3.8) is 0 Å². The lowest BCUT2D eigenvalue weighted by Crippen LogP contribution is -2.23. The zero-order valence-electron chi connectivity index (χ0n) is 15.2. The fourth-order valence-corrected chi connectivity index (χ4v) is 3.82. The normalized spacial score (nSPS) is 13.1. The highest BCUT2D eigenvalue weighted by atomic mass is 35.5. The third-order valence-corrected chi connectivity index (χ3v) is 5.62. The van der Waals surface area contributed by atoms with Gasteiger partial charge in [-0.2, -0.15) is 0 Å². The lowest BCUT2D eigenvalue weighted by atomic mass is 10.1. The zero-order valence-corrected chi connectivity index (χ0v) is 16.9. The van der Waals surface area contributed by atoms with Crippen LogP contribution >= 0.6 is 12.4 Å². The van der Waals surface area contributed by atoms with E-state index in [4.69, 9.17) is 9.47 Å². The van der Waals surface area contributed by atoms with Gasteiger partial charge < -0.3 is 14.8 Å². The second-order valence-corrected chi connectivity index (χ2v) is 7.81. The second kappa shape index (κ2) is 10.1. The fourth-order valence-electron chi connectivity index (χ4n) is 2.80. The van der Waals surface area contributed by atoms with Crippen LogP contribution in [0.4, 0.5) is 0 Å². The molecule has 0 amide bonds. The van der Waals surface area contributed by atoms with Crippen molar-refractivity contribution in [3.05, 3.63) is 59.2 Å². The summed E-state index contributed by atoms with van der Waals surface area (Å²) in [7, 11) is -3.56. The Bertz CT molecular complexity index is 841. The maximum absolute atomic E-state index is 12.5. The van der Waals surface area contributed by atoms with Crippen LogP contribution in [-0.4, -0.2) is 28.2 Å². The van der Waals surface area contributed by atoms with Crippen molar-refractivity contribution < 1.29 is 17.9 Å². The molecule has 0 aromatic heterocycles. The highest BCUT2D eigenvalue weighted by molar-refractivity contribution is 7.89. The van der Waals surface area contributed by atoms with Crippen LogP contribution in [0.3, 0.4) is 0 Å². The van der Waals surface area contributed by atoms with E-state index in [9.17, 15) is 8.42 Å². The zero-order chi connectivity index (χ0) is 18.4. The molecule has 0 atom stereocenters. The molecule has 0 radical (unpaired) electrons. The Hall–Kier alpha value is -1.64. The van der Waals surface area contributed by atoms with Crippen LogP contribution in [-0.2, 0) is 34.4 Å². The van der Waals surface area contributed by atoms with Gasteiger partial charge in [-0.15, -0.1) is 12.4 Å². The number of nitrogens with one attached hydrogen (secondary N) is 2. The topological polar surface area (TPSA) is 76.7 Å². The molecular formula is C19H25ClN2O4S. The third-order valence-electron chi connectivity index (χ3n) is 4.20. The van der Waals surface area contributed by atoms with Crippen LogP contribution in [0.5, 0.6) is 5.75 Å². The van der Waals surface area contributed by atoms with Crippen LogP contribution in [0.25, 0.3) is 0 Å². The Labute approximate surface area is 166 Å². The van der Waals surface area contributed by atoms with E-state index in [1.165, 1.54) is 11.1 Å². The molecule has 2 aromatic carbocycles. The van der Waals surface area contributed by atoms with E-state index in [2.05, 4.69) is 10.0 Å². The van der Waals surface area contributed by atoms with Crippen LogP contribution < -0.4 is 14.8 Å². The Morgan fingerprint density at radius 3 is 2.52 bits per heavy atom. The first-order valence-electron chi connectivity index (χ1n) is 8.70. The van der Waals surface area contributed by atoms with Gasteiger partial charge in [-0.05, 0) is 47.9 Å². The molecule has 27 heavy (non-hydrogen) atoms. The Morgan fingerprint density at radius 1 is 1.04 bits per heavy atom. The van der Waals surface area contributed by atoms with Gasteiger partial charge in [0.1, 0.15) is 12.4 Å². The summed E-state index contributed by atoms with van der Waals surface area (Å²) in [6.45, 7) is 5.49. The molecule has 0 spiro atoms. The summed E-state index contributed by atoms with van der Waals surface area (Å²) in [5, 5.41) is 3.28. The lowest BCUT2D eigenvalue weighted by Gasteiger charge is -2.10. The first-order chi connectivity index (χ1) is 12.6. The molecule has 1 heterocycles. The van der Waals surface area contributed by atoms with Crippen molar-refractivity contribution in [2.24, 2.45) is 0 Å². The van der Waals surface area contributed by atoms with Crippen molar-refractivity contribution in [1.29, 1.82) is 0 Å². The molecule has 0 fully saturated rings. The molecule has 3 rings (SSSR count). The minimum Gasteiger partial charge on any atom is -0.491 e. The summed E-state index contributed by atoms with van der Waals surface area (Å²) < 4.78 is 38.3. The quantitative estimate of drug-likeness (QED) is 0.619. The van der Waals surface area contributed by atoms with Gasteiger partial charge in [0.05, 0.1) is 11.5 Å². The van der Waals surface area contributed by atoms with Gasteiger partial charge >= 0.3 is 0 Å². The average molecular weight is 413 g/mol. The summed E-state index contributed by atoms with van der Waals surface area (Å²) in [6, 6.07) is 12.5. The van der Waals surface area contributed by atoms with Gasteiger partial charge in [-0.3, -0.25) is 0 Å². The Balaban J connectivity index is 0.00000261. The van der Waals surface area contributed by atoms with Gasteiger partial charge in [0.15, 0.2) is 0 Å². The number of sulfonamides is 1. The number of halogens is 1. The highest BCUT2D eigenvalue weighted by Gasteiger charge is 2.15. The van der Waals surface area contributed by atoms with E-state index in [0.717, 1.165) is 18.7 Å². The molecule has 8 heteroatoms. The number of ether oxygens (including phenoxy) is 2. The van der Waals surface area contributed by atoms with Crippen LogP contribution in [0.2, 0.25) is 0 Å². The SMILES string of the molecule is CCOCCOc1ccc(S(=O)(=O)NCc2ccc3c(c2)CNC3)cc1.Cl. The molecular weight excluding hydrogens is 388 g/mol. The molecule has 6 nitrogen and oxygen atoms in total. The van der Waals surface area contributed by atoms with Crippen molar-refractivity contribution in [2.75, 3.05) is 19.8 Å². The predicted octanol–water partition coefficient (Wildman–Crippen LogP) is 2.61. The van der Waals surface area contributed by atoms with E-state index in [-0.39, 0.29) is 23.8 Å². The third kappa shape index (κ3) is 5.92. The summed E-state index contributed by atoms with van der Waals surface area (Å²) in [6.07, 6.45) is 0. The molecule has 0 saturated carbocycles. The number of rotatable bonds is 9. The first-order valence-corrected chi connectivity index (χ1v) is 10.2. The molecule has 0 saturated heterocycles. The summed E-state index contributed by atoms with van der Waals surface area (Å²) in [4.78, 5) is 0.220.